The van der Waals surface area contributed by atoms with Crippen LogP contribution in [0.25, 0.3) is 0 Å². The van der Waals surface area contributed by atoms with Crippen molar-refractivity contribution in [3.8, 4) is 5.75 Å². The first kappa shape index (κ1) is 12.0. The Labute approximate surface area is 119 Å². The van der Waals surface area contributed by atoms with Gasteiger partial charge in [-0.3, -0.25) is 0 Å². The third-order valence-corrected chi connectivity index (χ3v) is 4.42. The second-order valence-electron chi connectivity index (χ2n) is 5.73. The van der Waals surface area contributed by atoms with Gasteiger partial charge in [-0.2, -0.15) is 0 Å². The first-order chi connectivity index (χ1) is 9.90. The largest absolute Gasteiger partial charge is 0.493 e. The van der Waals surface area contributed by atoms with Crippen molar-refractivity contribution in [3.05, 3.63) is 64.7 Å². The van der Waals surface area contributed by atoms with Crippen LogP contribution in [0.2, 0.25) is 0 Å². The quantitative estimate of drug-likeness (QED) is 0.853. The molecule has 2 heteroatoms. The number of aryl methyl sites for hydroxylation is 1. The molecule has 2 aliphatic heterocycles. The van der Waals surface area contributed by atoms with Gasteiger partial charge in [0.1, 0.15) is 5.75 Å². The van der Waals surface area contributed by atoms with Crippen LogP contribution in [0.3, 0.4) is 0 Å². The molecule has 0 spiro atoms. The van der Waals surface area contributed by atoms with Crippen molar-refractivity contribution < 1.29 is 4.74 Å². The number of nitrogens with one attached hydrogen (secondary N) is 1. The maximum Gasteiger partial charge on any atom is 0.122 e. The summed E-state index contributed by atoms with van der Waals surface area (Å²) in [6.45, 7) is 1.83. The van der Waals surface area contributed by atoms with Gasteiger partial charge in [-0.25, -0.2) is 0 Å². The lowest BCUT2D eigenvalue weighted by molar-refractivity contribution is 0.288. The third-order valence-electron chi connectivity index (χ3n) is 4.42. The molecule has 0 saturated carbocycles. The topological polar surface area (TPSA) is 21.3 Å². The fourth-order valence-electron chi connectivity index (χ4n) is 3.29. The maximum atomic E-state index is 5.70. The van der Waals surface area contributed by atoms with E-state index in [4.69, 9.17) is 4.74 Å². The molecule has 0 radical (unpaired) electrons. The van der Waals surface area contributed by atoms with Crippen molar-refractivity contribution >= 4 is 0 Å². The summed E-state index contributed by atoms with van der Waals surface area (Å²) >= 11 is 0. The van der Waals surface area contributed by atoms with Crippen LogP contribution in [0, 0.1) is 0 Å². The zero-order chi connectivity index (χ0) is 13.4. The van der Waals surface area contributed by atoms with Gasteiger partial charge in [0.25, 0.3) is 0 Å². The normalized spacial score (nSPS) is 20.7. The second-order valence-corrected chi connectivity index (χ2v) is 5.73. The monoisotopic (exact) mass is 265 g/mol. The molecule has 2 nitrogen and oxygen atoms in total. The van der Waals surface area contributed by atoms with Crippen molar-refractivity contribution in [2.24, 2.45) is 0 Å². The SMILES string of the molecule is c1ccc2c(c1)CNC(c1ccc3c(c1)CCCO3)C2. The van der Waals surface area contributed by atoms with Crippen molar-refractivity contribution in [1.82, 2.24) is 5.32 Å². The second kappa shape index (κ2) is 4.95. The molecule has 0 fully saturated rings. The number of rotatable bonds is 1. The van der Waals surface area contributed by atoms with Crippen molar-refractivity contribution in [2.75, 3.05) is 6.61 Å². The van der Waals surface area contributed by atoms with Crippen molar-refractivity contribution in [2.45, 2.75) is 31.8 Å². The van der Waals surface area contributed by atoms with Gasteiger partial charge in [-0.1, -0.05) is 36.4 Å². The van der Waals surface area contributed by atoms with E-state index in [0.29, 0.717) is 6.04 Å². The van der Waals surface area contributed by atoms with Crippen molar-refractivity contribution in [1.29, 1.82) is 0 Å². The Hall–Kier alpha value is -1.80. The predicted molar refractivity (Wildman–Crippen MR) is 80.0 cm³/mol. The number of benzene rings is 2. The molecule has 0 aliphatic carbocycles. The average Bonchev–Trinajstić information content (AvgIpc) is 2.54. The first-order valence-electron chi connectivity index (χ1n) is 7.46. The van der Waals surface area contributed by atoms with E-state index in [9.17, 15) is 0 Å². The molecular formula is C18H19NO. The highest BCUT2D eigenvalue weighted by molar-refractivity contribution is 5.41. The van der Waals surface area contributed by atoms with Crippen molar-refractivity contribution in [3.63, 3.8) is 0 Å². The molecule has 2 aromatic carbocycles. The van der Waals surface area contributed by atoms with Gasteiger partial charge in [0.05, 0.1) is 6.61 Å². The summed E-state index contributed by atoms with van der Waals surface area (Å²) in [4.78, 5) is 0. The van der Waals surface area contributed by atoms with Gasteiger partial charge < -0.3 is 10.1 Å². The Kier molecular flexibility index (Phi) is 2.96. The molecule has 102 valence electrons. The number of ether oxygens (including phenoxy) is 1. The van der Waals surface area contributed by atoms with Gasteiger partial charge >= 0.3 is 0 Å². The van der Waals surface area contributed by atoms with Crippen LogP contribution in [-0.2, 0) is 19.4 Å². The van der Waals surface area contributed by atoms with Gasteiger partial charge in [0.15, 0.2) is 0 Å². The van der Waals surface area contributed by atoms with Gasteiger partial charge in [-0.05, 0) is 47.6 Å². The molecule has 1 unspecified atom stereocenters. The van der Waals surface area contributed by atoms with Crippen LogP contribution < -0.4 is 10.1 Å². The molecule has 0 saturated heterocycles. The number of hydrogen-bond acceptors (Lipinski definition) is 2. The van der Waals surface area contributed by atoms with E-state index in [0.717, 1.165) is 38.2 Å². The Bertz CT molecular complexity index is 635. The highest BCUT2D eigenvalue weighted by Gasteiger charge is 2.20. The summed E-state index contributed by atoms with van der Waals surface area (Å²) in [7, 11) is 0. The van der Waals surface area contributed by atoms with E-state index in [2.05, 4.69) is 47.8 Å². The minimum atomic E-state index is 0.428. The Morgan fingerprint density at radius 1 is 1.00 bits per heavy atom. The zero-order valence-corrected chi connectivity index (χ0v) is 11.6. The molecule has 0 amide bonds. The molecule has 1 atom stereocenters. The smallest absolute Gasteiger partial charge is 0.122 e. The van der Waals surface area contributed by atoms with E-state index < -0.39 is 0 Å². The third kappa shape index (κ3) is 2.10. The summed E-state index contributed by atoms with van der Waals surface area (Å²) in [5.74, 6) is 1.08. The zero-order valence-electron chi connectivity index (χ0n) is 11.6. The molecule has 2 heterocycles. The Morgan fingerprint density at radius 2 is 1.90 bits per heavy atom. The minimum absolute atomic E-state index is 0.428. The Balaban J connectivity index is 1.63. The van der Waals surface area contributed by atoms with Gasteiger partial charge in [0.2, 0.25) is 0 Å². The highest BCUT2D eigenvalue weighted by Crippen LogP contribution is 2.31. The van der Waals surface area contributed by atoms with Crippen LogP contribution in [0.5, 0.6) is 5.75 Å². The molecule has 0 aromatic heterocycles. The fraction of sp³-hybridized carbons (Fsp3) is 0.333. The van der Waals surface area contributed by atoms with E-state index >= 15 is 0 Å². The summed E-state index contributed by atoms with van der Waals surface area (Å²) in [5, 5.41) is 3.66. The first-order valence-corrected chi connectivity index (χ1v) is 7.46. The van der Waals surface area contributed by atoms with Crippen LogP contribution in [0.1, 0.15) is 34.7 Å². The van der Waals surface area contributed by atoms with Crippen LogP contribution in [-0.4, -0.2) is 6.61 Å². The van der Waals surface area contributed by atoms with Crippen LogP contribution >= 0.6 is 0 Å². The molecule has 1 N–H and O–H groups in total. The molecular weight excluding hydrogens is 246 g/mol. The minimum Gasteiger partial charge on any atom is -0.493 e. The van der Waals surface area contributed by atoms with Crippen LogP contribution in [0.4, 0.5) is 0 Å². The highest BCUT2D eigenvalue weighted by atomic mass is 16.5. The molecule has 4 rings (SSSR count). The van der Waals surface area contributed by atoms with Gasteiger partial charge in [0, 0.05) is 12.6 Å². The number of hydrogen-bond donors (Lipinski definition) is 1. The number of fused-ring (bicyclic) bond motifs is 2. The molecule has 0 bridgehead atoms. The molecule has 20 heavy (non-hydrogen) atoms. The Morgan fingerprint density at radius 3 is 2.85 bits per heavy atom. The lowest BCUT2D eigenvalue weighted by Crippen LogP contribution is -2.28. The maximum absolute atomic E-state index is 5.70. The summed E-state index contributed by atoms with van der Waals surface area (Å²) < 4.78 is 5.70. The van der Waals surface area contributed by atoms with E-state index in [-0.39, 0.29) is 0 Å². The summed E-state index contributed by atoms with van der Waals surface area (Å²) in [6, 6.07) is 15.9. The molecule has 2 aliphatic rings. The fourth-order valence-corrected chi connectivity index (χ4v) is 3.29. The van der Waals surface area contributed by atoms with Crippen LogP contribution in [0.15, 0.2) is 42.5 Å². The summed E-state index contributed by atoms with van der Waals surface area (Å²) in [6.07, 6.45) is 3.36. The van der Waals surface area contributed by atoms with E-state index in [1.54, 1.807) is 0 Å². The lowest BCUT2D eigenvalue weighted by atomic mass is 9.90. The summed E-state index contributed by atoms with van der Waals surface area (Å²) in [5.41, 5.74) is 5.67. The predicted octanol–water partition coefficient (Wildman–Crippen LogP) is 3.40. The molecule has 2 aromatic rings. The van der Waals surface area contributed by atoms with E-state index in [1.165, 1.54) is 22.3 Å². The van der Waals surface area contributed by atoms with Gasteiger partial charge in [-0.15, -0.1) is 0 Å². The average molecular weight is 265 g/mol. The lowest BCUT2D eigenvalue weighted by Gasteiger charge is -2.27. The standard InChI is InChI=1S/C18H19NO/c1-2-5-16-12-19-17(11-13(16)4-1)14-7-8-18-15(10-14)6-3-9-20-18/h1-2,4-5,7-8,10,17,19H,3,6,9,11-12H2. The van der Waals surface area contributed by atoms with E-state index in [1.807, 2.05) is 0 Å².